The second-order valence-electron chi connectivity index (χ2n) is 11.0. The number of hydrogen-bond acceptors (Lipinski definition) is 5. The summed E-state index contributed by atoms with van der Waals surface area (Å²) >= 11 is 0. The zero-order valence-corrected chi connectivity index (χ0v) is 17.9. The number of nitrogens with zero attached hydrogens (tertiary/aromatic N) is 1. The summed E-state index contributed by atoms with van der Waals surface area (Å²) in [5, 5.41) is 14.1. The van der Waals surface area contributed by atoms with Crippen molar-refractivity contribution in [2.75, 3.05) is 20.3 Å². The van der Waals surface area contributed by atoms with Crippen LogP contribution in [0.4, 0.5) is 0 Å². The number of methoxy groups -OCH3 is 1. The topological polar surface area (TPSA) is 82.7 Å². The van der Waals surface area contributed by atoms with Crippen molar-refractivity contribution in [3.63, 3.8) is 0 Å². The quantitative estimate of drug-likeness (QED) is 0.672. The average molecular weight is 391 g/mol. The van der Waals surface area contributed by atoms with Gasteiger partial charge in [0.2, 0.25) is 0 Å². The van der Waals surface area contributed by atoms with Crippen molar-refractivity contribution in [3.8, 4) is 0 Å². The molecule has 0 aromatic carbocycles. The Morgan fingerprint density at radius 3 is 2.61 bits per heavy atom. The van der Waals surface area contributed by atoms with Gasteiger partial charge in [0.05, 0.1) is 12.2 Å². The maximum Gasteiger partial charge on any atom is 0.159 e. The van der Waals surface area contributed by atoms with Crippen LogP contribution in [0.25, 0.3) is 0 Å². The molecule has 8 atom stereocenters. The molecule has 0 heterocycles. The fourth-order valence-corrected chi connectivity index (χ4v) is 8.50. The van der Waals surface area contributed by atoms with Crippen molar-refractivity contribution < 1.29 is 14.6 Å². The molecule has 4 aliphatic carbocycles. The van der Waals surface area contributed by atoms with Crippen LogP contribution in [0.1, 0.15) is 71.6 Å². The molecule has 158 valence electrons. The number of ether oxygens (including phenoxy) is 1. The first kappa shape index (κ1) is 20.5. The first-order valence-electron chi connectivity index (χ1n) is 11.3. The Balaban J connectivity index is 1.61. The van der Waals surface area contributed by atoms with Crippen molar-refractivity contribution in [1.29, 1.82) is 5.53 Å². The van der Waals surface area contributed by atoms with E-state index >= 15 is 0 Å². The first-order chi connectivity index (χ1) is 13.3. The molecule has 5 heteroatoms. The molecule has 28 heavy (non-hydrogen) atoms. The van der Waals surface area contributed by atoms with E-state index in [2.05, 4.69) is 12.0 Å². The fraction of sp³-hybridized carbons (Fsp3) is 0.957. The number of Topliss-reactive ketones (excluding diaryl/α,β-unsaturated/α-hetero) is 1. The zero-order valence-electron chi connectivity index (χ0n) is 17.9. The summed E-state index contributed by atoms with van der Waals surface area (Å²) < 4.78 is 5.82. The third kappa shape index (κ3) is 2.99. The summed E-state index contributed by atoms with van der Waals surface area (Å²) in [5.74, 6) is 2.79. The van der Waals surface area contributed by atoms with E-state index in [1.54, 1.807) is 0 Å². The van der Waals surface area contributed by atoms with E-state index in [0.29, 0.717) is 23.7 Å². The van der Waals surface area contributed by atoms with Crippen LogP contribution in [-0.2, 0) is 9.53 Å². The minimum Gasteiger partial charge on any atom is -0.390 e. The maximum atomic E-state index is 12.7. The van der Waals surface area contributed by atoms with Crippen molar-refractivity contribution in [2.45, 2.75) is 77.2 Å². The van der Waals surface area contributed by atoms with E-state index in [9.17, 15) is 9.90 Å². The molecule has 0 bridgehead atoms. The van der Waals surface area contributed by atoms with Crippen molar-refractivity contribution in [3.05, 3.63) is 0 Å². The molecule has 0 saturated heterocycles. The van der Waals surface area contributed by atoms with Crippen LogP contribution in [-0.4, -0.2) is 36.8 Å². The van der Waals surface area contributed by atoms with Crippen LogP contribution < -0.4 is 0 Å². The summed E-state index contributed by atoms with van der Waals surface area (Å²) in [7, 11) is 1.84. The van der Waals surface area contributed by atoms with Crippen LogP contribution in [0.5, 0.6) is 0 Å². The molecule has 0 aliphatic heterocycles. The van der Waals surface area contributed by atoms with E-state index in [0.717, 1.165) is 45.1 Å². The van der Waals surface area contributed by atoms with Gasteiger partial charge in [0, 0.05) is 13.0 Å². The van der Waals surface area contributed by atoms with Crippen LogP contribution in [0.3, 0.4) is 0 Å². The van der Waals surface area contributed by atoms with Crippen LogP contribution >= 0.6 is 0 Å². The number of fused-ring (bicyclic) bond motifs is 5. The SMILES string of the molecule is COC[C@]12CC[C@@](C)(O)C[C@@H]1CC[C@@H]1C2CC[C@]2(C)[C@@H](C(=O)CN=N)CC[C@@H]12. The number of carbonyl (C=O) groups is 1. The molecule has 4 saturated carbocycles. The van der Waals surface area contributed by atoms with Gasteiger partial charge >= 0.3 is 0 Å². The van der Waals surface area contributed by atoms with E-state index in [4.69, 9.17) is 10.3 Å². The molecule has 4 aliphatic rings. The van der Waals surface area contributed by atoms with Gasteiger partial charge in [-0.3, -0.25) is 4.79 Å². The normalized spacial score (nSPS) is 50.4. The van der Waals surface area contributed by atoms with E-state index in [-0.39, 0.29) is 29.1 Å². The average Bonchev–Trinajstić information content (AvgIpc) is 2.99. The summed E-state index contributed by atoms with van der Waals surface area (Å²) in [6, 6.07) is 0. The highest BCUT2D eigenvalue weighted by atomic mass is 16.5. The second-order valence-corrected chi connectivity index (χ2v) is 11.0. The largest absolute Gasteiger partial charge is 0.390 e. The van der Waals surface area contributed by atoms with Crippen molar-refractivity contribution >= 4 is 5.78 Å². The smallest absolute Gasteiger partial charge is 0.159 e. The Bertz CT molecular complexity index is 635. The lowest BCUT2D eigenvalue weighted by Gasteiger charge is -2.62. The Labute approximate surface area is 169 Å². The Morgan fingerprint density at radius 2 is 1.89 bits per heavy atom. The number of ketones is 1. The van der Waals surface area contributed by atoms with Gasteiger partial charge in [-0.2, -0.15) is 5.11 Å². The van der Waals surface area contributed by atoms with Gasteiger partial charge in [0.15, 0.2) is 5.78 Å². The molecule has 0 amide bonds. The van der Waals surface area contributed by atoms with Gasteiger partial charge in [-0.15, -0.1) is 0 Å². The standard InChI is InChI=1S/C23H38N2O3/c1-21(27)10-11-23(14-28-3)15(12-21)4-5-16-17-6-7-19(20(26)13-25-24)22(17,2)9-8-18(16)23/h15-19,24,27H,4-14H2,1-3H3/t15-,16-,17-,18?,19+,21+,22-,23+/m0/s1. The third-order valence-electron chi connectivity index (χ3n) is 9.69. The molecule has 0 aromatic rings. The van der Waals surface area contributed by atoms with Gasteiger partial charge in [-0.25, -0.2) is 5.53 Å². The summed E-state index contributed by atoms with van der Waals surface area (Å²) in [4.78, 5) is 12.7. The van der Waals surface area contributed by atoms with Gasteiger partial charge in [-0.05, 0) is 99.2 Å². The predicted octanol–water partition coefficient (Wildman–Crippen LogP) is 4.62. The van der Waals surface area contributed by atoms with Crippen LogP contribution in [0, 0.1) is 46.0 Å². The zero-order chi connectivity index (χ0) is 20.2. The van der Waals surface area contributed by atoms with Gasteiger partial charge in [0.1, 0.15) is 6.54 Å². The van der Waals surface area contributed by atoms with E-state index < -0.39 is 5.60 Å². The van der Waals surface area contributed by atoms with Crippen LogP contribution in [0.2, 0.25) is 0 Å². The highest BCUT2D eigenvalue weighted by molar-refractivity contribution is 5.84. The molecule has 5 nitrogen and oxygen atoms in total. The predicted molar refractivity (Wildman–Crippen MR) is 107 cm³/mol. The summed E-state index contributed by atoms with van der Waals surface area (Å²) in [5.41, 5.74) is 6.88. The molecule has 0 spiro atoms. The summed E-state index contributed by atoms with van der Waals surface area (Å²) in [6.07, 6.45) is 9.71. The molecule has 0 radical (unpaired) electrons. The molecule has 4 rings (SSSR count). The van der Waals surface area contributed by atoms with E-state index in [1.807, 2.05) is 14.0 Å². The second kappa shape index (κ2) is 7.16. The lowest BCUT2D eigenvalue weighted by atomic mass is 9.43. The fourth-order valence-electron chi connectivity index (χ4n) is 8.50. The summed E-state index contributed by atoms with van der Waals surface area (Å²) in [6.45, 7) is 5.25. The number of hydrogen-bond donors (Lipinski definition) is 2. The van der Waals surface area contributed by atoms with E-state index in [1.165, 1.54) is 19.3 Å². The van der Waals surface area contributed by atoms with Gasteiger partial charge in [0.25, 0.3) is 0 Å². The van der Waals surface area contributed by atoms with Crippen LogP contribution in [0.15, 0.2) is 5.11 Å². The number of rotatable bonds is 5. The molecule has 1 unspecified atom stereocenters. The third-order valence-corrected chi connectivity index (χ3v) is 9.69. The molecular weight excluding hydrogens is 352 g/mol. The Hall–Kier alpha value is -0.810. The first-order valence-corrected chi connectivity index (χ1v) is 11.3. The monoisotopic (exact) mass is 390 g/mol. The molecule has 4 fully saturated rings. The molecule has 2 N–H and O–H groups in total. The minimum atomic E-state index is -0.525. The number of aliphatic hydroxyl groups is 1. The minimum absolute atomic E-state index is 0.0614. The lowest BCUT2D eigenvalue weighted by molar-refractivity contribution is -0.175. The lowest BCUT2D eigenvalue weighted by Crippen LogP contribution is -2.58. The number of carbonyl (C=O) groups excluding carboxylic acids is 1. The van der Waals surface area contributed by atoms with Crippen molar-refractivity contribution in [2.24, 2.45) is 45.5 Å². The van der Waals surface area contributed by atoms with Gasteiger partial charge < -0.3 is 9.84 Å². The highest BCUT2D eigenvalue weighted by Gasteiger charge is 2.63. The van der Waals surface area contributed by atoms with Crippen molar-refractivity contribution in [1.82, 2.24) is 0 Å². The Morgan fingerprint density at radius 1 is 1.11 bits per heavy atom. The maximum absolute atomic E-state index is 12.7. The van der Waals surface area contributed by atoms with Gasteiger partial charge in [-0.1, -0.05) is 6.92 Å². The number of nitrogens with one attached hydrogen (secondary N) is 1. The molecular formula is C23H38N2O3. The highest BCUT2D eigenvalue weighted by Crippen LogP contribution is 2.68. The molecule has 0 aromatic heterocycles. The Kier molecular flexibility index (Phi) is 5.23.